The van der Waals surface area contributed by atoms with Gasteiger partial charge in [0.2, 0.25) is 0 Å². The zero-order chi connectivity index (χ0) is 17.5. The summed E-state index contributed by atoms with van der Waals surface area (Å²) in [4.78, 5) is 18.4. The summed E-state index contributed by atoms with van der Waals surface area (Å²) in [6, 6.07) is 12.4. The van der Waals surface area contributed by atoms with Crippen LogP contribution < -0.4 is 5.32 Å². The molecule has 0 aliphatic heterocycles. The summed E-state index contributed by atoms with van der Waals surface area (Å²) in [5.74, 6) is 0. The lowest BCUT2D eigenvalue weighted by molar-refractivity contribution is 0.193. The molecule has 2 rings (SSSR count). The van der Waals surface area contributed by atoms with E-state index < -0.39 is 0 Å². The highest BCUT2D eigenvalue weighted by molar-refractivity contribution is 5.74. The second kappa shape index (κ2) is 8.48. The SMILES string of the molecule is Cc1ccc(CCNC(=O)N(C)[C@H](C)Cc2ccccn2)c(C)c1. The molecule has 2 amide bonds. The van der Waals surface area contributed by atoms with E-state index in [0.29, 0.717) is 6.54 Å². The highest BCUT2D eigenvalue weighted by Gasteiger charge is 2.16. The smallest absolute Gasteiger partial charge is 0.317 e. The van der Waals surface area contributed by atoms with Crippen LogP contribution in [0, 0.1) is 13.8 Å². The molecule has 128 valence electrons. The monoisotopic (exact) mass is 325 g/mol. The maximum Gasteiger partial charge on any atom is 0.317 e. The van der Waals surface area contributed by atoms with Crippen molar-refractivity contribution in [2.75, 3.05) is 13.6 Å². The molecule has 2 aromatic rings. The number of amides is 2. The number of urea groups is 1. The number of pyridine rings is 1. The molecule has 1 aromatic carbocycles. The molecule has 0 bridgehead atoms. The molecule has 1 N–H and O–H groups in total. The molecule has 0 fully saturated rings. The average Bonchev–Trinajstić information content (AvgIpc) is 2.57. The number of nitrogens with zero attached hydrogens (tertiary/aromatic N) is 2. The number of hydrogen-bond acceptors (Lipinski definition) is 2. The third kappa shape index (κ3) is 5.08. The lowest BCUT2D eigenvalue weighted by Crippen LogP contribution is -2.43. The summed E-state index contributed by atoms with van der Waals surface area (Å²) in [6.45, 7) is 6.89. The first-order valence-electron chi connectivity index (χ1n) is 8.44. The predicted molar refractivity (Wildman–Crippen MR) is 98.2 cm³/mol. The van der Waals surface area contributed by atoms with Crippen molar-refractivity contribution in [1.29, 1.82) is 0 Å². The van der Waals surface area contributed by atoms with Crippen LogP contribution in [-0.4, -0.2) is 35.5 Å². The van der Waals surface area contributed by atoms with Gasteiger partial charge in [0.15, 0.2) is 0 Å². The van der Waals surface area contributed by atoms with Crippen LogP contribution in [-0.2, 0) is 12.8 Å². The Morgan fingerprint density at radius 1 is 1.25 bits per heavy atom. The van der Waals surface area contributed by atoms with Crippen molar-refractivity contribution < 1.29 is 4.79 Å². The van der Waals surface area contributed by atoms with Crippen molar-refractivity contribution in [3.63, 3.8) is 0 Å². The standard InChI is InChI=1S/C20H27N3O/c1-15-8-9-18(16(2)13-15)10-12-22-20(24)23(4)17(3)14-19-7-5-6-11-21-19/h5-9,11,13,17H,10,12,14H2,1-4H3,(H,22,24)/t17-/m1/s1. The number of benzene rings is 1. The lowest BCUT2D eigenvalue weighted by atomic mass is 10.0. The Morgan fingerprint density at radius 2 is 2.04 bits per heavy atom. The van der Waals surface area contributed by atoms with E-state index in [-0.39, 0.29) is 12.1 Å². The molecule has 0 saturated heterocycles. The van der Waals surface area contributed by atoms with Gasteiger partial charge >= 0.3 is 6.03 Å². The van der Waals surface area contributed by atoms with Crippen LogP contribution in [0.3, 0.4) is 0 Å². The highest BCUT2D eigenvalue weighted by atomic mass is 16.2. The zero-order valence-electron chi connectivity index (χ0n) is 15.0. The number of likely N-dealkylation sites (N-methyl/N-ethyl adjacent to an activating group) is 1. The third-order valence-corrected chi connectivity index (χ3v) is 4.38. The first-order chi connectivity index (χ1) is 11.5. The van der Waals surface area contributed by atoms with E-state index in [0.717, 1.165) is 18.5 Å². The molecule has 0 saturated carbocycles. The minimum atomic E-state index is -0.0387. The molecule has 24 heavy (non-hydrogen) atoms. The molecule has 1 heterocycles. The van der Waals surface area contributed by atoms with Crippen LogP contribution in [0.2, 0.25) is 0 Å². The van der Waals surface area contributed by atoms with Gasteiger partial charge in [-0.2, -0.15) is 0 Å². The summed E-state index contributed by atoms with van der Waals surface area (Å²) < 4.78 is 0. The minimum Gasteiger partial charge on any atom is -0.338 e. The minimum absolute atomic E-state index is 0.0387. The van der Waals surface area contributed by atoms with Crippen LogP contribution in [0.25, 0.3) is 0 Å². The maximum atomic E-state index is 12.3. The van der Waals surface area contributed by atoms with E-state index >= 15 is 0 Å². The molecule has 0 aliphatic carbocycles. The summed E-state index contributed by atoms with van der Waals surface area (Å²) in [6.07, 6.45) is 3.38. The number of rotatable bonds is 6. The number of aryl methyl sites for hydroxylation is 2. The van der Waals surface area contributed by atoms with E-state index in [1.54, 1.807) is 11.1 Å². The van der Waals surface area contributed by atoms with Crippen molar-refractivity contribution in [2.45, 2.75) is 39.7 Å². The molecule has 0 aliphatic rings. The molecule has 4 heteroatoms. The largest absolute Gasteiger partial charge is 0.338 e. The van der Waals surface area contributed by atoms with Crippen molar-refractivity contribution in [1.82, 2.24) is 15.2 Å². The first-order valence-corrected chi connectivity index (χ1v) is 8.44. The van der Waals surface area contributed by atoms with Gasteiger partial charge in [0.1, 0.15) is 0 Å². The first kappa shape index (κ1) is 18.0. The van der Waals surface area contributed by atoms with Gasteiger partial charge in [-0.1, -0.05) is 29.8 Å². The Morgan fingerprint density at radius 3 is 2.71 bits per heavy atom. The van der Waals surface area contributed by atoms with Crippen molar-refractivity contribution in [2.24, 2.45) is 0 Å². The zero-order valence-corrected chi connectivity index (χ0v) is 15.0. The topological polar surface area (TPSA) is 45.2 Å². The van der Waals surface area contributed by atoms with E-state index in [2.05, 4.69) is 42.3 Å². The van der Waals surface area contributed by atoms with Crippen LogP contribution >= 0.6 is 0 Å². The van der Waals surface area contributed by atoms with E-state index in [1.165, 1.54) is 16.7 Å². The van der Waals surface area contributed by atoms with Crippen molar-refractivity contribution in [3.8, 4) is 0 Å². The van der Waals surface area contributed by atoms with Crippen LogP contribution in [0.5, 0.6) is 0 Å². The van der Waals surface area contributed by atoms with Gasteiger partial charge in [0.05, 0.1) is 0 Å². The quantitative estimate of drug-likeness (QED) is 0.883. The van der Waals surface area contributed by atoms with E-state index in [1.807, 2.05) is 32.2 Å². The summed E-state index contributed by atoms with van der Waals surface area (Å²) >= 11 is 0. The summed E-state index contributed by atoms with van der Waals surface area (Å²) in [5.41, 5.74) is 4.83. The number of aromatic nitrogens is 1. The van der Waals surface area contributed by atoms with Gasteiger partial charge < -0.3 is 10.2 Å². The summed E-state index contributed by atoms with van der Waals surface area (Å²) in [5, 5.41) is 3.01. The number of nitrogens with one attached hydrogen (secondary N) is 1. The van der Waals surface area contributed by atoms with Crippen LogP contribution in [0.1, 0.15) is 29.3 Å². The maximum absolute atomic E-state index is 12.3. The second-order valence-electron chi connectivity index (χ2n) is 6.40. The lowest BCUT2D eigenvalue weighted by Gasteiger charge is -2.25. The van der Waals surface area contributed by atoms with Crippen molar-refractivity contribution >= 4 is 6.03 Å². The fourth-order valence-corrected chi connectivity index (χ4v) is 2.71. The molecule has 1 atom stereocenters. The Hall–Kier alpha value is -2.36. The van der Waals surface area contributed by atoms with Gasteiger partial charge in [0.25, 0.3) is 0 Å². The summed E-state index contributed by atoms with van der Waals surface area (Å²) in [7, 11) is 1.83. The number of hydrogen-bond donors (Lipinski definition) is 1. The molecule has 0 radical (unpaired) electrons. The molecule has 0 spiro atoms. The Balaban J connectivity index is 1.80. The van der Waals surface area contributed by atoms with Crippen LogP contribution in [0.15, 0.2) is 42.6 Å². The fourth-order valence-electron chi connectivity index (χ4n) is 2.71. The average molecular weight is 325 g/mol. The van der Waals surface area contributed by atoms with Crippen molar-refractivity contribution in [3.05, 3.63) is 65.0 Å². The number of carbonyl (C=O) groups is 1. The molecular formula is C20H27N3O. The van der Waals surface area contributed by atoms with Gasteiger partial charge in [-0.05, 0) is 50.5 Å². The molecular weight excluding hydrogens is 298 g/mol. The third-order valence-electron chi connectivity index (χ3n) is 4.38. The Labute approximate surface area is 144 Å². The number of carbonyl (C=O) groups excluding carboxylic acids is 1. The normalized spacial score (nSPS) is 11.8. The second-order valence-corrected chi connectivity index (χ2v) is 6.40. The molecule has 4 nitrogen and oxygen atoms in total. The highest BCUT2D eigenvalue weighted by Crippen LogP contribution is 2.11. The van der Waals surface area contributed by atoms with Gasteiger partial charge in [0, 0.05) is 37.9 Å². The molecule has 1 aromatic heterocycles. The fraction of sp³-hybridized carbons (Fsp3) is 0.400. The van der Waals surface area contributed by atoms with E-state index in [9.17, 15) is 4.79 Å². The Kier molecular flexibility index (Phi) is 6.36. The van der Waals surface area contributed by atoms with Gasteiger partial charge in [-0.25, -0.2) is 4.79 Å². The van der Waals surface area contributed by atoms with E-state index in [4.69, 9.17) is 0 Å². The predicted octanol–water partition coefficient (Wildman–Crippen LogP) is 3.51. The van der Waals surface area contributed by atoms with Gasteiger partial charge in [-0.3, -0.25) is 4.98 Å². The van der Waals surface area contributed by atoms with Crippen LogP contribution in [0.4, 0.5) is 4.79 Å². The molecule has 0 unspecified atom stereocenters. The van der Waals surface area contributed by atoms with Gasteiger partial charge in [-0.15, -0.1) is 0 Å². The Bertz CT molecular complexity index is 670.